The number of aromatic carboxylic acids is 2. The second kappa shape index (κ2) is 5.75. The molecule has 2 aromatic carbocycles. The number of benzene rings is 2. The minimum atomic E-state index is -1.26. The van der Waals surface area contributed by atoms with Gasteiger partial charge in [-0.3, -0.25) is 0 Å². The number of carboxylic acids is 2. The lowest BCUT2D eigenvalue weighted by Crippen LogP contribution is -2.01. The number of hydrogen-bond donors (Lipinski definition) is 2. The zero-order chi connectivity index (χ0) is 14.7. The van der Waals surface area contributed by atoms with Crippen molar-refractivity contribution in [2.75, 3.05) is 0 Å². The summed E-state index contributed by atoms with van der Waals surface area (Å²) in [6.45, 7) is 0. The quantitative estimate of drug-likeness (QED) is 0.903. The van der Waals surface area contributed by atoms with Gasteiger partial charge in [0.25, 0.3) is 0 Å². The maximum Gasteiger partial charge on any atom is 0.336 e. The van der Waals surface area contributed by atoms with Gasteiger partial charge in [0, 0.05) is 9.79 Å². The van der Waals surface area contributed by atoms with Crippen molar-refractivity contribution in [2.45, 2.75) is 9.79 Å². The summed E-state index contributed by atoms with van der Waals surface area (Å²) in [4.78, 5) is 22.9. The maximum absolute atomic E-state index is 13.1. The summed E-state index contributed by atoms with van der Waals surface area (Å²) in [5.41, 5.74) is -0.131. The lowest BCUT2D eigenvalue weighted by Gasteiger charge is -2.08. The predicted octanol–water partition coefficient (Wildman–Crippen LogP) is 3.37. The predicted molar refractivity (Wildman–Crippen MR) is 70.9 cm³/mol. The largest absolute Gasteiger partial charge is 0.478 e. The molecule has 20 heavy (non-hydrogen) atoms. The molecule has 0 amide bonds. The van der Waals surface area contributed by atoms with Gasteiger partial charge in [0.15, 0.2) is 0 Å². The molecule has 0 atom stereocenters. The van der Waals surface area contributed by atoms with Gasteiger partial charge in [-0.1, -0.05) is 23.9 Å². The Kier molecular flexibility index (Phi) is 4.05. The first-order valence-electron chi connectivity index (χ1n) is 5.52. The molecule has 2 aromatic rings. The number of hydrogen-bond acceptors (Lipinski definition) is 3. The van der Waals surface area contributed by atoms with Gasteiger partial charge in [-0.15, -0.1) is 0 Å². The number of carboxylic acid groups (broad SMARTS) is 2. The molecule has 0 aliphatic heterocycles. The molecule has 2 rings (SSSR count). The monoisotopic (exact) mass is 292 g/mol. The van der Waals surface area contributed by atoms with Gasteiger partial charge in [-0.05, 0) is 30.3 Å². The first-order valence-corrected chi connectivity index (χ1v) is 6.33. The molecule has 0 aromatic heterocycles. The van der Waals surface area contributed by atoms with E-state index in [2.05, 4.69) is 0 Å². The lowest BCUT2D eigenvalue weighted by atomic mass is 10.2. The van der Waals surface area contributed by atoms with Gasteiger partial charge in [0.1, 0.15) is 5.82 Å². The highest BCUT2D eigenvalue weighted by molar-refractivity contribution is 7.99. The van der Waals surface area contributed by atoms with Crippen molar-refractivity contribution in [3.8, 4) is 0 Å². The van der Waals surface area contributed by atoms with Crippen molar-refractivity contribution in [1.82, 2.24) is 0 Å². The van der Waals surface area contributed by atoms with Crippen LogP contribution in [0.25, 0.3) is 0 Å². The van der Waals surface area contributed by atoms with Crippen molar-refractivity contribution in [3.05, 3.63) is 59.4 Å². The molecule has 0 aliphatic rings. The molecule has 0 saturated heterocycles. The van der Waals surface area contributed by atoms with Crippen LogP contribution in [0.4, 0.5) is 4.39 Å². The molecule has 6 heteroatoms. The first kappa shape index (κ1) is 14.1. The van der Waals surface area contributed by atoms with Gasteiger partial charge in [0.05, 0.1) is 11.1 Å². The van der Waals surface area contributed by atoms with E-state index in [1.54, 1.807) is 18.2 Å². The summed E-state index contributed by atoms with van der Waals surface area (Å²) in [6.07, 6.45) is 0. The summed E-state index contributed by atoms with van der Waals surface area (Å²) >= 11 is 0.978. The first-order chi connectivity index (χ1) is 9.49. The Morgan fingerprint density at radius 2 is 1.50 bits per heavy atom. The van der Waals surface area contributed by atoms with Crippen molar-refractivity contribution in [1.29, 1.82) is 0 Å². The van der Waals surface area contributed by atoms with Gasteiger partial charge >= 0.3 is 11.9 Å². The van der Waals surface area contributed by atoms with Crippen LogP contribution in [0.1, 0.15) is 20.7 Å². The van der Waals surface area contributed by atoms with Crippen LogP contribution in [-0.4, -0.2) is 22.2 Å². The molecular weight excluding hydrogens is 283 g/mol. The fourth-order valence-corrected chi connectivity index (χ4v) is 2.65. The van der Waals surface area contributed by atoms with E-state index >= 15 is 0 Å². The van der Waals surface area contributed by atoms with Crippen LogP contribution in [0.5, 0.6) is 0 Å². The van der Waals surface area contributed by atoms with E-state index in [1.807, 2.05) is 0 Å². The van der Waals surface area contributed by atoms with E-state index in [0.717, 1.165) is 23.9 Å². The van der Waals surface area contributed by atoms with Crippen molar-refractivity contribution in [3.63, 3.8) is 0 Å². The second-order valence-electron chi connectivity index (χ2n) is 3.85. The van der Waals surface area contributed by atoms with Crippen LogP contribution < -0.4 is 0 Å². The minimum Gasteiger partial charge on any atom is -0.478 e. The number of carbonyl (C=O) groups is 2. The number of rotatable bonds is 4. The average Bonchev–Trinajstić information content (AvgIpc) is 2.41. The average molecular weight is 292 g/mol. The van der Waals surface area contributed by atoms with Crippen LogP contribution in [0.3, 0.4) is 0 Å². The smallest absolute Gasteiger partial charge is 0.336 e. The summed E-state index contributed by atoms with van der Waals surface area (Å²) in [5.74, 6) is -3.02. The standard InChI is InChI=1S/C14H9FO4S/c15-8-5-6-12(10(7-8)14(18)19)20-11-4-2-1-3-9(11)13(16)17/h1-7H,(H,16,17)(H,18,19). The molecule has 0 saturated carbocycles. The highest BCUT2D eigenvalue weighted by Gasteiger charge is 2.16. The van der Waals surface area contributed by atoms with E-state index in [4.69, 9.17) is 10.2 Å². The minimum absolute atomic E-state index is 0.0677. The van der Waals surface area contributed by atoms with E-state index < -0.39 is 17.8 Å². The Balaban J connectivity index is 2.45. The molecule has 2 N–H and O–H groups in total. The Hall–Kier alpha value is -2.34. The van der Waals surface area contributed by atoms with Crippen LogP contribution >= 0.6 is 11.8 Å². The SMILES string of the molecule is O=C(O)c1ccccc1Sc1ccc(F)cc1C(=O)O. The van der Waals surface area contributed by atoms with E-state index in [9.17, 15) is 14.0 Å². The highest BCUT2D eigenvalue weighted by Crippen LogP contribution is 2.33. The fraction of sp³-hybridized carbons (Fsp3) is 0. The third-order valence-electron chi connectivity index (χ3n) is 2.51. The van der Waals surface area contributed by atoms with E-state index in [0.29, 0.717) is 4.90 Å². The molecule has 0 fully saturated rings. The van der Waals surface area contributed by atoms with Gasteiger partial charge < -0.3 is 10.2 Å². The van der Waals surface area contributed by atoms with Crippen molar-refractivity contribution in [2.24, 2.45) is 0 Å². The Morgan fingerprint density at radius 1 is 0.900 bits per heavy atom. The van der Waals surface area contributed by atoms with Crippen LogP contribution in [0.15, 0.2) is 52.3 Å². The third-order valence-corrected chi connectivity index (χ3v) is 3.66. The third kappa shape index (κ3) is 2.97. The van der Waals surface area contributed by atoms with Crippen molar-refractivity contribution < 1.29 is 24.2 Å². The van der Waals surface area contributed by atoms with Gasteiger partial charge in [-0.2, -0.15) is 0 Å². The molecule has 0 heterocycles. The van der Waals surface area contributed by atoms with E-state index in [1.165, 1.54) is 12.1 Å². The van der Waals surface area contributed by atoms with Crippen molar-refractivity contribution >= 4 is 23.7 Å². The summed E-state index contributed by atoms with van der Waals surface area (Å²) in [6, 6.07) is 9.60. The second-order valence-corrected chi connectivity index (χ2v) is 4.93. The summed E-state index contributed by atoms with van der Waals surface area (Å²) in [5, 5.41) is 18.1. The molecule has 0 spiro atoms. The summed E-state index contributed by atoms with van der Waals surface area (Å²) < 4.78 is 13.1. The molecule has 0 radical (unpaired) electrons. The molecule has 0 bridgehead atoms. The zero-order valence-electron chi connectivity index (χ0n) is 10.0. The molecule has 0 unspecified atom stereocenters. The Labute approximate surface area is 117 Å². The highest BCUT2D eigenvalue weighted by atomic mass is 32.2. The van der Waals surface area contributed by atoms with Crippen LogP contribution in [0, 0.1) is 5.82 Å². The molecule has 102 valence electrons. The zero-order valence-corrected chi connectivity index (χ0v) is 10.9. The fourth-order valence-electron chi connectivity index (χ4n) is 1.61. The Morgan fingerprint density at radius 3 is 2.15 bits per heavy atom. The summed E-state index contributed by atoms with van der Waals surface area (Å²) in [7, 11) is 0. The lowest BCUT2D eigenvalue weighted by molar-refractivity contribution is 0.0683. The normalized spacial score (nSPS) is 10.2. The molecule has 0 aliphatic carbocycles. The number of halogens is 1. The van der Waals surface area contributed by atoms with Gasteiger partial charge in [-0.25, -0.2) is 14.0 Å². The van der Waals surface area contributed by atoms with Crippen LogP contribution in [0.2, 0.25) is 0 Å². The molecular formula is C14H9FO4S. The topological polar surface area (TPSA) is 74.6 Å². The molecule has 4 nitrogen and oxygen atoms in total. The van der Waals surface area contributed by atoms with Gasteiger partial charge in [0.2, 0.25) is 0 Å². The van der Waals surface area contributed by atoms with E-state index in [-0.39, 0.29) is 16.0 Å². The van der Waals surface area contributed by atoms with Crippen LogP contribution in [-0.2, 0) is 0 Å². The Bertz CT molecular complexity index is 685. The maximum atomic E-state index is 13.1.